The molecule has 0 saturated heterocycles. The van der Waals surface area contributed by atoms with Crippen LogP contribution in [0.15, 0.2) is 6.33 Å². The number of nitrogens with zero attached hydrogens (tertiary/aromatic N) is 3. The Labute approximate surface area is 111 Å². The van der Waals surface area contributed by atoms with Crippen molar-refractivity contribution in [3.8, 4) is 5.88 Å². The number of methoxy groups -OCH3 is 1. The van der Waals surface area contributed by atoms with Gasteiger partial charge in [0.15, 0.2) is 11.2 Å². The van der Waals surface area contributed by atoms with Crippen LogP contribution in [0.25, 0.3) is 10.2 Å². The lowest BCUT2D eigenvalue weighted by Crippen LogP contribution is -2.35. The Balaban J connectivity index is 2.17. The Hall–Kier alpha value is -1.09. The van der Waals surface area contributed by atoms with Gasteiger partial charge in [-0.05, 0) is 12.0 Å². The van der Waals surface area contributed by atoms with Gasteiger partial charge in [0.2, 0.25) is 5.88 Å². The van der Waals surface area contributed by atoms with Gasteiger partial charge >= 0.3 is 0 Å². The second-order valence-electron chi connectivity index (χ2n) is 3.96. The van der Waals surface area contributed by atoms with Crippen molar-refractivity contribution in [2.45, 2.75) is 13.0 Å². The molecular weight excluding hydrogens is 272 g/mol. The minimum absolute atomic E-state index is 0.558. The SMILES string of the molecule is COc1ncnc2sc3c(c12)CN(S(N)=O)CC3. The number of rotatable bonds is 2. The zero-order valence-corrected chi connectivity index (χ0v) is 11.4. The fraction of sp³-hybridized carbons (Fsp3) is 0.400. The number of nitrogens with two attached hydrogens (primary N) is 1. The topological polar surface area (TPSA) is 81.3 Å². The van der Waals surface area contributed by atoms with Crippen LogP contribution in [-0.2, 0) is 24.1 Å². The first-order valence-electron chi connectivity index (χ1n) is 5.41. The molecule has 0 fully saturated rings. The largest absolute Gasteiger partial charge is 0.480 e. The first kappa shape index (κ1) is 12.0. The summed E-state index contributed by atoms with van der Waals surface area (Å²) >= 11 is 0.207. The van der Waals surface area contributed by atoms with Gasteiger partial charge in [-0.25, -0.2) is 23.6 Å². The highest BCUT2D eigenvalue weighted by molar-refractivity contribution is 7.80. The monoisotopic (exact) mass is 284 g/mol. The molecule has 18 heavy (non-hydrogen) atoms. The lowest BCUT2D eigenvalue weighted by atomic mass is 10.1. The van der Waals surface area contributed by atoms with E-state index in [-0.39, 0.29) is 0 Å². The van der Waals surface area contributed by atoms with Crippen LogP contribution in [0.4, 0.5) is 0 Å². The Morgan fingerprint density at radius 1 is 1.56 bits per heavy atom. The summed E-state index contributed by atoms with van der Waals surface area (Å²) in [6.45, 7) is 1.26. The van der Waals surface area contributed by atoms with E-state index in [0.717, 1.165) is 22.2 Å². The molecule has 96 valence electrons. The van der Waals surface area contributed by atoms with Crippen molar-refractivity contribution in [1.29, 1.82) is 0 Å². The van der Waals surface area contributed by atoms with Gasteiger partial charge in [-0.1, -0.05) is 0 Å². The quantitative estimate of drug-likeness (QED) is 0.875. The maximum Gasteiger partial charge on any atom is 0.225 e. The average Bonchev–Trinajstić information content (AvgIpc) is 2.75. The van der Waals surface area contributed by atoms with Crippen LogP contribution in [0.5, 0.6) is 5.88 Å². The molecule has 3 rings (SSSR count). The molecule has 0 amide bonds. The molecule has 8 heteroatoms. The molecular formula is C10H12N4O2S2. The lowest BCUT2D eigenvalue weighted by molar-refractivity contribution is 0.399. The summed E-state index contributed by atoms with van der Waals surface area (Å²) in [4.78, 5) is 10.6. The Bertz CT molecular complexity index is 628. The van der Waals surface area contributed by atoms with Crippen molar-refractivity contribution in [2.75, 3.05) is 13.7 Å². The van der Waals surface area contributed by atoms with Gasteiger partial charge in [-0.3, -0.25) is 0 Å². The fourth-order valence-corrected chi connectivity index (χ4v) is 3.82. The zero-order valence-electron chi connectivity index (χ0n) is 9.75. The van der Waals surface area contributed by atoms with Gasteiger partial charge < -0.3 is 4.74 Å². The Morgan fingerprint density at radius 2 is 2.39 bits per heavy atom. The number of hydrogen-bond acceptors (Lipinski definition) is 5. The first-order chi connectivity index (χ1) is 8.70. The molecule has 2 N–H and O–H groups in total. The predicted molar refractivity (Wildman–Crippen MR) is 70.4 cm³/mol. The first-order valence-corrected chi connectivity index (χ1v) is 7.40. The number of thiophene rings is 1. The highest BCUT2D eigenvalue weighted by Crippen LogP contribution is 2.37. The second-order valence-corrected chi connectivity index (χ2v) is 6.11. The maximum atomic E-state index is 11.4. The van der Waals surface area contributed by atoms with Crippen molar-refractivity contribution in [3.05, 3.63) is 16.8 Å². The minimum Gasteiger partial charge on any atom is -0.480 e. The normalized spacial score (nSPS) is 17.7. The van der Waals surface area contributed by atoms with E-state index < -0.39 is 11.2 Å². The summed E-state index contributed by atoms with van der Waals surface area (Å²) in [5.74, 6) is 0.571. The molecule has 1 aliphatic rings. The molecule has 1 atom stereocenters. The molecule has 0 radical (unpaired) electrons. The molecule has 0 bridgehead atoms. The van der Waals surface area contributed by atoms with Crippen LogP contribution in [0.1, 0.15) is 10.4 Å². The van der Waals surface area contributed by atoms with E-state index in [0.29, 0.717) is 19.0 Å². The number of hydrogen-bond donors (Lipinski definition) is 1. The van der Waals surface area contributed by atoms with Crippen LogP contribution in [0, 0.1) is 0 Å². The zero-order chi connectivity index (χ0) is 12.7. The van der Waals surface area contributed by atoms with Crippen LogP contribution in [0.2, 0.25) is 0 Å². The lowest BCUT2D eigenvalue weighted by Gasteiger charge is -2.23. The van der Waals surface area contributed by atoms with Crippen molar-refractivity contribution >= 4 is 32.7 Å². The molecule has 1 aliphatic heterocycles. The molecule has 0 saturated carbocycles. The summed E-state index contributed by atoms with van der Waals surface area (Å²) < 4.78 is 18.4. The van der Waals surface area contributed by atoms with Crippen molar-refractivity contribution in [1.82, 2.24) is 14.3 Å². The van der Waals surface area contributed by atoms with Gasteiger partial charge in [0.25, 0.3) is 0 Å². The number of aromatic nitrogens is 2. The van der Waals surface area contributed by atoms with Gasteiger partial charge in [0, 0.05) is 18.0 Å². The van der Waals surface area contributed by atoms with Crippen molar-refractivity contribution in [3.63, 3.8) is 0 Å². The molecule has 1 unspecified atom stereocenters. The van der Waals surface area contributed by atoms with Gasteiger partial charge in [-0.15, -0.1) is 11.3 Å². The van der Waals surface area contributed by atoms with E-state index >= 15 is 0 Å². The fourth-order valence-electron chi connectivity index (χ4n) is 2.17. The third-order valence-electron chi connectivity index (χ3n) is 3.01. The number of ether oxygens (including phenoxy) is 1. The van der Waals surface area contributed by atoms with Crippen molar-refractivity contribution in [2.24, 2.45) is 5.14 Å². The van der Waals surface area contributed by atoms with Crippen LogP contribution in [-0.4, -0.2) is 32.1 Å². The molecule has 0 aliphatic carbocycles. The standard InChI is InChI=1S/C10H12N4O2S2/c1-16-9-8-6-4-14(18(11)15)3-2-7(6)17-10(8)13-5-12-9/h5H,2-4,11H2,1H3. The van der Waals surface area contributed by atoms with Gasteiger partial charge in [0.05, 0.1) is 12.5 Å². The van der Waals surface area contributed by atoms with E-state index in [2.05, 4.69) is 9.97 Å². The second kappa shape index (κ2) is 4.54. The van der Waals surface area contributed by atoms with Crippen LogP contribution in [0.3, 0.4) is 0 Å². The molecule has 6 nitrogen and oxygen atoms in total. The third-order valence-corrected chi connectivity index (χ3v) is 5.03. The maximum absolute atomic E-state index is 11.4. The van der Waals surface area contributed by atoms with Crippen LogP contribution >= 0.6 is 11.3 Å². The molecule has 0 spiro atoms. The molecule has 3 heterocycles. The molecule has 2 aromatic rings. The summed E-state index contributed by atoms with van der Waals surface area (Å²) in [6.07, 6.45) is 2.34. The summed E-state index contributed by atoms with van der Waals surface area (Å²) in [5, 5.41) is 6.37. The van der Waals surface area contributed by atoms with E-state index in [1.165, 1.54) is 11.2 Å². The number of fused-ring (bicyclic) bond motifs is 3. The van der Waals surface area contributed by atoms with E-state index in [9.17, 15) is 4.21 Å². The highest BCUT2D eigenvalue weighted by Gasteiger charge is 2.25. The highest BCUT2D eigenvalue weighted by atomic mass is 32.2. The van der Waals surface area contributed by atoms with Gasteiger partial charge in [-0.2, -0.15) is 0 Å². The van der Waals surface area contributed by atoms with Crippen molar-refractivity contribution < 1.29 is 8.95 Å². The van der Waals surface area contributed by atoms with E-state index in [1.54, 1.807) is 22.8 Å². The average molecular weight is 284 g/mol. The summed E-state index contributed by atoms with van der Waals surface area (Å²) in [7, 11) is 1.59. The van der Waals surface area contributed by atoms with Gasteiger partial charge in [0.1, 0.15) is 11.2 Å². The smallest absolute Gasteiger partial charge is 0.225 e. The third kappa shape index (κ3) is 1.81. The predicted octanol–water partition coefficient (Wildman–Crippen LogP) is 0.595. The molecule has 2 aromatic heterocycles. The summed E-state index contributed by atoms with van der Waals surface area (Å²) in [5.41, 5.74) is 1.09. The summed E-state index contributed by atoms with van der Waals surface area (Å²) in [6, 6.07) is 0. The van der Waals surface area contributed by atoms with E-state index in [1.807, 2.05) is 0 Å². The minimum atomic E-state index is -1.44. The van der Waals surface area contributed by atoms with Crippen LogP contribution < -0.4 is 9.88 Å². The Kier molecular flexibility index (Phi) is 3.02. The Morgan fingerprint density at radius 3 is 3.11 bits per heavy atom. The molecule has 0 aromatic carbocycles. The van der Waals surface area contributed by atoms with E-state index in [4.69, 9.17) is 9.88 Å².